The van der Waals surface area contributed by atoms with Gasteiger partial charge in [0.15, 0.2) is 6.61 Å². The second-order valence-electron chi connectivity index (χ2n) is 6.33. The SMILES string of the molecule is Cc1cc(C)cc(N(C)C(=O)c2cc(C)c(OCC(=O)O)c(C)c2)c1. The number of aliphatic carboxylic acids is 1. The van der Waals surface area contributed by atoms with E-state index in [1.54, 1.807) is 37.9 Å². The van der Waals surface area contributed by atoms with Crippen molar-refractivity contribution in [1.29, 1.82) is 0 Å². The zero-order valence-corrected chi connectivity index (χ0v) is 15.2. The van der Waals surface area contributed by atoms with Gasteiger partial charge in [0.1, 0.15) is 5.75 Å². The maximum atomic E-state index is 12.8. The maximum absolute atomic E-state index is 12.8. The average Bonchev–Trinajstić information content (AvgIpc) is 2.51. The molecule has 0 radical (unpaired) electrons. The van der Waals surface area contributed by atoms with Gasteiger partial charge < -0.3 is 14.7 Å². The molecule has 25 heavy (non-hydrogen) atoms. The van der Waals surface area contributed by atoms with Gasteiger partial charge in [-0.1, -0.05) is 6.07 Å². The van der Waals surface area contributed by atoms with Crippen LogP contribution in [0.3, 0.4) is 0 Å². The van der Waals surface area contributed by atoms with Crippen LogP contribution < -0.4 is 9.64 Å². The number of benzene rings is 2. The Morgan fingerprint density at radius 2 is 1.48 bits per heavy atom. The minimum absolute atomic E-state index is 0.124. The average molecular weight is 341 g/mol. The number of hydrogen-bond acceptors (Lipinski definition) is 3. The first-order valence-electron chi connectivity index (χ1n) is 8.01. The second-order valence-corrected chi connectivity index (χ2v) is 6.33. The third-order valence-corrected chi connectivity index (χ3v) is 3.95. The van der Waals surface area contributed by atoms with Gasteiger partial charge in [0.05, 0.1) is 0 Å². The third kappa shape index (κ3) is 4.38. The predicted octanol–water partition coefficient (Wildman–Crippen LogP) is 3.66. The topological polar surface area (TPSA) is 66.8 Å². The summed E-state index contributed by atoms with van der Waals surface area (Å²) in [4.78, 5) is 25.1. The van der Waals surface area contributed by atoms with E-state index in [9.17, 15) is 9.59 Å². The number of carboxylic acids is 1. The molecular weight excluding hydrogens is 318 g/mol. The fourth-order valence-electron chi connectivity index (χ4n) is 2.89. The van der Waals surface area contributed by atoms with Crippen LogP contribution in [0.2, 0.25) is 0 Å². The van der Waals surface area contributed by atoms with E-state index in [2.05, 4.69) is 6.07 Å². The van der Waals surface area contributed by atoms with Crippen LogP contribution in [0.1, 0.15) is 32.6 Å². The van der Waals surface area contributed by atoms with Gasteiger partial charge in [-0.25, -0.2) is 4.79 Å². The van der Waals surface area contributed by atoms with Crippen molar-refractivity contribution in [3.63, 3.8) is 0 Å². The van der Waals surface area contributed by atoms with Gasteiger partial charge in [0.25, 0.3) is 5.91 Å². The van der Waals surface area contributed by atoms with Gasteiger partial charge in [-0.3, -0.25) is 4.79 Å². The Hall–Kier alpha value is -2.82. The Labute approximate surface area is 147 Å². The summed E-state index contributed by atoms with van der Waals surface area (Å²) in [6, 6.07) is 9.45. The molecule has 0 saturated heterocycles. The predicted molar refractivity (Wildman–Crippen MR) is 97.7 cm³/mol. The number of amides is 1. The Balaban J connectivity index is 2.31. The van der Waals surface area contributed by atoms with Crippen LogP contribution in [-0.4, -0.2) is 30.6 Å². The van der Waals surface area contributed by atoms with Crippen molar-refractivity contribution in [3.05, 3.63) is 58.1 Å². The minimum Gasteiger partial charge on any atom is -0.481 e. The van der Waals surface area contributed by atoms with Crippen molar-refractivity contribution in [3.8, 4) is 5.75 Å². The van der Waals surface area contributed by atoms with E-state index in [1.807, 2.05) is 26.0 Å². The highest BCUT2D eigenvalue weighted by Crippen LogP contribution is 2.27. The summed E-state index contributed by atoms with van der Waals surface area (Å²) in [6.45, 7) is 7.20. The quantitative estimate of drug-likeness (QED) is 0.901. The van der Waals surface area contributed by atoms with Crippen molar-refractivity contribution < 1.29 is 19.4 Å². The molecule has 0 heterocycles. The normalized spacial score (nSPS) is 10.4. The maximum Gasteiger partial charge on any atom is 0.341 e. The van der Waals surface area contributed by atoms with Gasteiger partial charge in [-0.15, -0.1) is 0 Å². The number of ether oxygens (including phenoxy) is 1. The molecule has 0 aromatic heterocycles. The van der Waals surface area contributed by atoms with Crippen LogP contribution >= 0.6 is 0 Å². The standard InChI is InChI=1S/C20H23NO4/c1-12-6-13(2)8-17(7-12)21(5)20(24)16-9-14(3)19(15(4)10-16)25-11-18(22)23/h6-10H,11H2,1-5H3,(H,22,23). The Morgan fingerprint density at radius 1 is 0.960 bits per heavy atom. The largest absolute Gasteiger partial charge is 0.481 e. The summed E-state index contributed by atoms with van der Waals surface area (Å²) >= 11 is 0. The third-order valence-electron chi connectivity index (χ3n) is 3.95. The Kier molecular flexibility index (Phi) is 5.47. The van der Waals surface area contributed by atoms with Crippen LogP contribution in [0, 0.1) is 27.7 Å². The molecule has 0 atom stereocenters. The zero-order valence-electron chi connectivity index (χ0n) is 15.2. The van der Waals surface area contributed by atoms with E-state index in [0.29, 0.717) is 11.3 Å². The van der Waals surface area contributed by atoms with E-state index >= 15 is 0 Å². The summed E-state index contributed by atoms with van der Waals surface area (Å²) in [6.07, 6.45) is 0. The highest BCUT2D eigenvalue weighted by Gasteiger charge is 2.17. The molecule has 2 aromatic rings. The fourth-order valence-corrected chi connectivity index (χ4v) is 2.89. The molecule has 1 amide bonds. The molecule has 0 saturated carbocycles. The first-order chi connectivity index (χ1) is 11.7. The smallest absolute Gasteiger partial charge is 0.341 e. The molecular formula is C20H23NO4. The van der Waals surface area contributed by atoms with Gasteiger partial charge in [0, 0.05) is 18.3 Å². The van der Waals surface area contributed by atoms with E-state index < -0.39 is 12.6 Å². The summed E-state index contributed by atoms with van der Waals surface area (Å²) < 4.78 is 5.32. The molecule has 0 bridgehead atoms. The Bertz CT molecular complexity index is 783. The molecule has 5 nitrogen and oxygen atoms in total. The zero-order chi connectivity index (χ0) is 18.7. The monoisotopic (exact) mass is 341 g/mol. The Morgan fingerprint density at radius 3 is 1.96 bits per heavy atom. The molecule has 0 unspecified atom stereocenters. The van der Waals surface area contributed by atoms with E-state index in [1.165, 1.54) is 0 Å². The number of carboxylic acid groups (broad SMARTS) is 1. The van der Waals surface area contributed by atoms with Crippen molar-refractivity contribution in [2.24, 2.45) is 0 Å². The van der Waals surface area contributed by atoms with Crippen LogP contribution in [-0.2, 0) is 4.79 Å². The highest BCUT2D eigenvalue weighted by molar-refractivity contribution is 6.06. The number of rotatable bonds is 5. The van der Waals surface area contributed by atoms with Crippen molar-refractivity contribution in [1.82, 2.24) is 0 Å². The summed E-state index contributed by atoms with van der Waals surface area (Å²) in [5, 5.41) is 8.76. The van der Waals surface area contributed by atoms with Gasteiger partial charge in [-0.05, 0) is 74.2 Å². The lowest BCUT2D eigenvalue weighted by Crippen LogP contribution is -2.26. The first-order valence-corrected chi connectivity index (χ1v) is 8.01. The van der Waals surface area contributed by atoms with Crippen LogP contribution in [0.4, 0.5) is 5.69 Å². The molecule has 2 aromatic carbocycles. The highest BCUT2D eigenvalue weighted by atomic mass is 16.5. The molecule has 5 heteroatoms. The van der Waals surface area contributed by atoms with E-state index in [4.69, 9.17) is 9.84 Å². The lowest BCUT2D eigenvalue weighted by molar-refractivity contribution is -0.139. The number of nitrogens with zero attached hydrogens (tertiary/aromatic N) is 1. The van der Waals surface area contributed by atoms with Gasteiger partial charge in [-0.2, -0.15) is 0 Å². The molecule has 0 aliphatic rings. The van der Waals surface area contributed by atoms with Crippen molar-refractivity contribution in [2.45, 2.75) is 27.7 Å². The van der Waals surface area contributed by atoms with Crippen LogP contribution in [0.25, 0.3) is 0 Å². The minimum atomic E-state index is -1.03. The van der Waals surface area contributed by atoms with Crippen LogP contribution in [0.5, 0.6) is 5.75 Å². The van der Waals surface area contributed by atoms with Crippen molar-refractivity contribution >= 4 is 17.6 Å². The first kappa shape index (κ1) is 18.5. The number of carbonyl (C=O) groups is 2. The van der Waals surface area contributed by atoms with Crippen molar-refractivity contribution in [2.75, 3.05) is 18.6 Å². The molecule has 0 aliphatic carbocycles. The lowest BCUT2D eigenvalue weighted by Gasteiger charge is -2.20. The van der Waals surface area contributed by atoms with Gasteiger partial charge in [0.2, 0.25) is 0 Å². The van der Waals surface area contributed by atoms with E-state index in [0.717, 1.165) is 27.9 Å². The summed E-state index contributed by atoms with van der Waals surface area (Å²) in [5.74, 6) is -0.650. The fraction of sp³-hybridized carbons (Fsp3) is 0.300. The molecule has 1 N–H and O–H groups in total. The molecule has 0 aliphatic heterocycles. The summed E-state index contributed by atoms with van der Waals surface area (Å²) in [7, 11) is 1.75. The van der Waals surface area contributed by atoms with Crippen LogP contribution in [0.15, 0.2) is 30.3 Å². The molecule has 132 valence electrons. The van der Waals surface area contributed by atoms with Gasteiger partial charge >= 0.3 is 5.97 Å². The molecule has 0 fully saturated rings. The number of hydrogen-bond donors (Lipinski definition) is 1. The number of anilines is 1. The molecule has 2 rings (SSSR count). The lowest BCUT2D eigenvalue weighted by atomic mass is 10.0. The second kappa shape index (κ2) is 7.38. The molecule has 0 spiro atoms. The number of aryl methyl sites for hydroxylation is 4. The summed E-state index contributed by atoms with van der Waals surface area (Å²) in [5.41, 5.74) is 5.04. The van der Waals surface area contributed by atoms with E-state index in [-0.39, 0.29) is 5.91 Å². The number of carbonyl (C=O) groups excluding carboxylic acids is 1.